The largest absolute Gasteiger partial charge is 0.376 e. The molecule has 4 atom stereocenters. The van der Waals surface area contributed by atoms with Crippen LogP contribution in [-0.2, 0) is 4.74 Å². The minimum absolute atomic E-state index is 0.398. The van der Waals surface area contributed by atoms with Gasteiger partial charge < -0.3 is 10.1 Å². The van der Waals surface area contributed by atoms with Crippen molar-refractivity contribution in [2.24, 2.45) is 0 Å². The van der Waals surface area contributed by atoms with Gasteiger partial charge >= 0.3 is 0 Å². The Morgan fingerprint density at radius 3 is 2.78 bits per heavy atom. The molecule has 1 aliphatic heterocycles. The Morgan fingerprint density at radius 1 is 1.22 bits per heavy atom. The summed E-state index contributed by atoms with van der Waals surface area (Å²) in [6, 6.07) is 2.01. The summed E-state index contributed by atoms with van der Waals surface area (Å²) in [6.07, 6.45) is 7.13. The molecule has 1 saturated heterocycles. The Bertz CT molecular complexity index is 247. The topological polar surface area (TPSA) is 24.5 Å². The molecule has 0 aromatic carbocycles. The summed E-state index contributed by atoms with van der Waals surface area (Å²) in [6.45, 7) is 9.95. The maximum absolute atomic E-state index is 5.77. The van der Waals surface area contributed by atoms with Crippen LogP contribution in [0.5, 0.6) is 0 Å². The number of morpholine rings is 1. The first kappa shape index (κ1) is 14.3. The van der Waals surface area contributed by atoms with Crippen LogP contribution < -0.4 is 5.32 Å². The molecular weight excluding hydrogens is 224 g/mol. The van der Waals surface area contributed by atoms with E-state index >= 15 is 0 Å². The zero-order chi connectivity index (χ0) is 13.0. The van der Waals surface area contributed by atoms with Crippen LogP contribution >= 0.6 is 0 Å². The summed E-state index contributed by atoms with van der Waals surface area (Å²) in [5.74, 6) is 0. The fourth-order valence-corrected chi connectivity index (χ4v) is 3.47. The SMILES string of the molecule is CCCNC1CCCCC1N1CC(C)OCC1C. The summed E-state index contributed by atoms with van der Waals surface area (Å²) in [4.78, 5) is 2.71. The number of ether oxygens (including phenoxy) is 1. The summed E-state index contributed by atoms with van der Waals surface area (Å²) in [5.41, 5.74) is 0. The van der Waals surface area contributed by atoms with Crippen LogP contribution in [-0.4, -0.2) is 48.8 Å². The van der Waals surface area contributed by atoms with E-state index in [1.54, 1.807) is 0 Å². The quantitative estimate of drug-likeness (QED) is 0.834. The van der Waals surface area contributed by atoms with Gasteiger partial charge in [-0.15, -0.1) is 0 Å². The summed E-state index contributed by atoms with van der Waals surface area (Å²) < 4.78 is 5.77. The van der Waals surface area contributed by atoms with Crippen molar-refractivity contribution in [3.63, 3.8) is 0 Å². The van der Waals surface area contributed by atoms with E-state index in [9.17, 15) is 0 Å². The molecule has 2 fully saturated rings. The van der Waals surface area contributed by atoms with Gasteiger partial charge in [0.2, 0.25) is 0 Å². The third-order valence-electron chi connectivity index (χ3n) is 4.47. The van der Waals surface area contributed by atoms with E-state index in [1.165, 1.54) is 32.1 Å². The first-order chi connectivity index (χ1) is 8.72. The summed E-state index contributed by atoms with van der Waals surface area (Å²) >= 11 is 0. The van der Waals surface area contributed by atoms with Crippen molar-refractivity contribution in [1.82, 2.24) is 10.2 Å². The standard InChI is InChI=1S/C15H30N2O/c1-4-9-16-14-7-5-6-8-15(14)17-10-13(3)18-11-12(17)2/h12-16H,4-11H2,1-3H3. The fraction of sp³-hybridized carbons (Fsp3) is 1.00. The highest BCUT2D eigenvalue weighted by atomic mass is 16.5. The van der Waals surface area contributed by atoms with E-state index in [2.05, 4.69) is 31.0 Å². The lowest BCUT2D eigenvalue weighted by Gasteiger charge is -2.46. The van der Waals surface area contributed by atoms with E-state index in [0.717, 1.165) is 25.7 Å². The van der Waals surface area contributed by atoms with Gasteiger partial charge in [-0.05, 0) is 39.7 Å². The molecule has 4 unspecified atom stereocenters. The van der Waals surface area contributed by atoms with Crippen molar-refractivity contribution in [2.75, 3.05) is 19.7 Å². The molecule has 0 amide bonds. The van der Waals surface area contributed by atoms with Gasteiger partial charge in [0.15, 0.2) is 0 Å². The fourth-order valence-electron chi connectivity index (χ4n) is 3.47. The first-order valence-electron chi connectivity index (χ1n) is 7.83. The van der Waals surface area contributed by atoms with Crippen LogP contribution in [0, 0.1) is 0 Å². The number of nitrogens with zero attached hydrogens (tertiary/aromatic N) is 1. The Morgan fingerprint density at radius 2 is 2.00 bits per heavy atom. The van der Waals surface area contributed by atoms with Crippen molar-refractivity contribution in [2.45, 2.75) is 77.1 Å². The van der Waals surface area contributed by atoms with Crippen LogP contribution in [0.15, 0.2) is 0 Å². The predicted octanol–water partition coefficient (Wildman–Crippen LogP) is 2.41. The van der Waals surface area contributed by atoms with Crippen LogP contribution in [0.3, 0.4) is 0 Å². The number of hydrogen-bond acceptors (Lipinski definition) is 3. The molecular formula is C15H30N2O. The van der Waals surface area contributed by atoms with E-state index < -0.39 is 0 Å². The third-order valence-corrected chi connectivity index (χ3v) is 4.47. The van der Waals surface area contributed by atoms with Gasteiger partial charge in [-0.3, -0.25) is 4.90 Å². The van der Waals surface area contributed by atoms with E-state index in [0.29, 0.717) is 18.2 Å². The average Bonchev–Trinajstić information content (AvgIpc) is 2.39. The lowest BCUT2D eigenvalue weighted by Crippen LogP contribution is -2.59. The van der Waals surface area contributed by atoms with Crippen molar-refractivity contribution in [3.05, 3.63) is 0 Å². The molecule has 2 rings (SSSR count). The van der Waals surface area contributed by atoms with Gasteiger partial charge in [0.1, 0.15) is 0 Å². The third kappa shape index (κ3) is 3.46. The van der Waals surface area contributed by atoms with Gasteiger partial charge in [-0.2, -0.15) is 0 Å². The molecule has 1 N–H and O–H groups in total. The van der Waals surface area contributed by atoms with Crippen LogP contribution in [0.1, 0.15) is 52.9 Å². The highest BCUT2D eigenvalue weighted by Crippen LogP contribution is 2.27. The molecule has 1 heterocycles. The maximum atomic E-state index is 5.77. The molecule has 1 saturated carbocycles. The van der Waals surface area contributed by atoms with E-state index in [-0.39, 0.29) is 0 Å². The first-order valence-corrected chi connectivity index (χ1v) is 7.83. The number of hydrogen-bond donors (Lipinski definition) is 1. The van der Waals surface area contributed by atoms with Gasteiger partial charge in [0.25, 0.3) is 0 Å². The normalized spacial score (nSPS) is 38.8. The lowest BCUT2D eigenvalue weighted by atomic mass is 9.87. The zero-order valence-electron chi connectivity index (χ0n) is 12.3. The summed E-state index contributed by atoms with van der Waals surface area (Å²) in [7, 11) is 0. The van der Waals surface area contributed by atoms with Crippen molar-refractivity contribution >= 4 is 0 Å². The average molecular weight is 254 g/mol. The molecule has 0 aromatic rings. The molecule has 0 spiro atoms. The molecule has 0 aromatic heterocycles. The summed E-state index contributed by atoms with van der Waals surface area (Å²) in [5, 5.41) is 3.77. The second kappa shape index (κ2) is 6.88. The Kier molecular flexibility index (Phi) is 5.46. The Labute approximate surface area is 112 Å². The molecule has 18 heavy (non-hydrogen) atoms. The van der Waals surface area contributed by atoms with Crippen molar-refractivity contribution in [3.8, 4) is 0 Å². The lowest BCUT2D eigenvalue weighted by molar-refractivity contribution is -0.0762. The minimum atomic E-state index is 0.398. The van der Waals surface area contributed by atoms with Gasteiger partial charge in [0.05, 0.1) is 12.7 Å². The second-order valence-corrected chi connectivity index (χ2v) is 6.10. The molecule has 3 nitrogen and oxygen atoms in total. The minimum Gasteiger partial charge on any atom is -0.376 e. The maximum Gasteiger partial charge on any atom is 0.0674 e. The molecule has 106 valence electrons. The number of nitrogens with one attached hydrogen (secondary N) is 1. The zero-order valence-corrected chi connectivity index (χ0v) is 12.3. The van der Waals surface area contributed by atoms with Crippen LogP contribution in [0.25, 0.3) is 0 Å². The van der Waals surface area contributed by atoms with Crippen LogP contribution in [0.2, 0.25) is 0 Å². The van der Waals surface area contributed by atoms with Crippen molar-refractivity contribution in [1.29, 1.82) is 0 Å². The van der Waals surface area contributed by atoms with Gasteiger partial charge in [-0.25, -0.2) is 0 Å². The smallest absolute Gasteiger partial charge is 0.0674 e. The predicted molar refractivity (Wildman–Crippen MR) is 75.9 cm³/mol. The molecule has 0 radical (unpaired) electrons. The van der Waals surface area contributed by atoms with E-state index in [4.69, 9.17) is 4.74 Å². The van der Waals surface area contributed by atoms with E-state index in [1.807, 2.05) is 0 Å². The number of rotatable bonds is 4. The highest BCUT2D eigenvalue weighted by Gasteiger charge is 2.35. The molecule has 2 aliphatic rings. The van der Waals surface area contributed by atoms with Gasteiger partial charge in [0, 0.05) is 24.7 Å². The Balaban J connectivity index is 1.97. The second-order valence-electron chi connectivity index (χ2n) is 6.10. The molecule has 0 bridgehead atoms. The monoisotopic (exact) mass is 254 g/mol. The molecule has 3 heteroatoms. The van der Waals surface area contributed by atoms with Gasteiger partial charge in [-0.1, -0.05) is 19.8 Å². The highest BCUT2D eigenvalue weighted by molar-refractivity contribution is 4.92. The van der Waals surface area contributed by atoms with Crippen molar-refractivity contribution < 1.29 is 4.74 Å². The van der Waals surface area contributed by atoms with Crippen LogP contribution in [0.4, 0.5) is 0 Å². The Hall–Kier alpha value is -0.120. The molecule has 1 aliphatic carbocycles.